The number of nitrogens with zero attached hydrogens (tertiary/aromatic N) is 1. The van der Waals surface area contributed by atoms with Crippen molar-refractivity contribution in [1.29, 1.82) is 0 Å². The van der Waals surface area contributed by atoms with Crippen molar-refractivity contribution in [2.75, 3.05) is 13.1 Å². The average Bonchev–Trinajstić information content (AvgIpc) is 2.61. The number of carbonyl (C=O) groups is 2. The minimum absolute atomic E-state index is 0.0136. The molecule has 0 bridgehead atoms. The molecule has 2 amide bonds. The van der Waals surface area contributed by atoms with Crippen LogP contribution in [-0.2, 0) is 22.6 Å². The number of piperidine rings is 1. The Morgan fingerprint density at radius 1 is 1.28 bits per heavy atom. The maximum Gasteiger partial charge on any atom is 0.243 e. The quantitative estimate of drug-likeness (QED) is 0.877. The molecule has 1 saturated heterocycles. The molecule has 1 aromatic carbocycles. The highest BCUT2D eigenvalue weighted by atomic mass is 16.2. The van der Waals surface area contributed by atoms with Gasteiger partial charge < -0.3 is 15.5 Å². The van der Waals surface area contributed by atoms with Crippen molar-refractivity contribution in [3.05, 3.63) is 35.4 Å². The van der Waals surface area contributed by atoms with Crippen LogP contribution in [0.15, 0.2) is 24.3 Å². The standard InChI is InChI=1S/C20H29N3O2/c1-14(2)10-19(24)23-13-16-7-4-3-6-15(16)11-18(23)20(25)22-17-8-5-9-21-12-17/h3-4,6-7,14,17-18,21H,5,8-13H2,1-2H3,(H,22,25)/t17-,18?/m0/s1. The fourth-order valence-electron chi connectivity index (χ4n) is 3.76. The smallest absolute Gasteiger partial charge is 0.243 e. The third-order valence-electron chi connectivity index (χ3n) is 5.10. The van der Waals surface area contributed by atoms with Gasteiger partial charge in [-0.05, 0) is 36.4 Å². The number of hydrogen-bond acceptors (Lipinski definition) is 3. The van der Waals surface area contributed by atoms with Gasteiger partial charge in [-0.3, -0.25) is 9.59 Å². The van der Waals surface area contributed by atoms with Crippen LogP contribution in [-0.4, -0.2) is 41.9 Å². The van der Waals surface area contributed by atoms with Gasteiger partial charge in [-0.15, -0.1) is 0 Å². The van der Waals surface area contributed by atoms with Gasteiger partial charge in [-0.1, -0.05) is 38.1 Å². The Morgan fingerprint density at radius 2 is 2.04 bits per heavy atom. The summed E-state index contributed by atoms with van der Waals surface area (Å²) in [5.41, 5.74) is 2.33. The van der Waals surface area contributed by atoms with Crippen molar-refractivity contribution in [2.24, 2.45) is 5.92 Å². The maximum absolute atomic E-state index is 12.9. The third kappa shape index (κ3) is 4.40. The Labute approximate surface area is 150 Å². The van der Waals surface area contributed by atoms with Crippen molar-refractivity contribution in [3.8, 4) is 0 Å². The lowest BCUT2D eigenvalue weighted by Crippen LogP contribution is -2.56. The summed E-state index contributed by atoms with van der Waals surface area (Å²) in [5, 5.41) is 6.49. The van der Waals surface area contributed by atoms with E-state index in [1.165, 1.54) is 5.56 Å². The average molecular weight is 343 g/mol. The Balaban J connectivity index is 1.77. The first kappa shape index (κ1) is 17.9. The van der Waals surface area contributed by atoms with E-state index in [1.54, 1.807) is 4.90 Å². The van der Waals surface area contributed by atoms with Gasteiger partial charge in [-0.25, -0.2) is 0 Å². The van der Waals surface area contributed by atoms with Gasteiger partial charge in [-0.2, -0.15) is 0 Å². The first-order valence-corrected chi connectivity index (χ1v) is 9.42. The number of fused-ring (bicyclic) bond motifs is 1. The molecule has 2 aliphatic rings. The van der Waals surface area contributed by atoms with Crippen LogP contribution >= 0.6 is 0 Å². The fraction of sp³-hybridized carbons (Fsp3) is 0.600. The van der Waals surface area contributed by atoms with Gasteiger partial charge in [0, 0.05) is 32.0 Å². The van der Waals surface area contributed by atoms with Gasteiger partial charge in [0.1, 0.15) is 6.04 Å². The van der Waals surface area contributed by atoms with Crippen LogP contribution in [0.1, 0.15) is 44.2 Å². The third-order valence-corrected chi connectivity index (χ3v) is 5.10. The first-order chi connectivity index (χ1) is 12.0. The zero-order valence-corrected chi connectivity index (χ0v) is 15.3. The summed E-state index contributed by atoms with van der Waals surface area (Å²) < 4.78 is 0. The van der Waals surface area contributed by atoms with Gasteiger partial charge in [0.15, 0.2) is 0 Å². The fourth-order valence-corrected chi connectivity index (χ4v) is 3.76. The van der Waals surface area contributed by atoms with Crippen LogP contribution in [0.5, 0.6) is 0 Å². The summed E-state index contributed by atoms with van der Waals surface area (Å²) in [6.45, 7) is 6.44. The van der Waals surface area contributed by atoms with Gasteiger partial charge in [0.2, 0.25) is 11.8 Å². The molecule has 0 spiro atoms. The topological polar surface area (TPSA) is 61.4 Å². The van der Waals surface area contributed by atoms with Crippen LogP contribution in [0, 0.1) is 5.92 Å². The van der Waals surface area contributed by atoms with Gasteiger partial charge in [0.05, 0.1) is 0 Å². The molecule has 1 unspecified atom stereocenters. The highest BCUT2D eigenvalue weighted by Crippen LogP contribution is 2.25. The number of rotatable bonds is 4. The van der Waals surface area contributed by atoms with Crippen LogP contribution < -0.4 is 10.6 Å². The molecule has 3 rings (SSSR count). The summed E-state index contributed by atoms with van der Waals surface area (Å²) >= 11 is 0. The van der Waals surface area contributed by atoms with Gasteiger partial charge >= 0.3 is 0 Å². The summed E-state index contributed by atoms with van der Waals surface area (Å²) in [6, 6.07) is 7.90. The Morgan fingerprint density at radius 3 is 2.72 bits per heavy atom. The second-order valence-corrected chi connectivity index (χ2v) is 7.66. The highest BCUT2D eigenvalue weighted by molar-refractivity contribution is 5.88. The van der Waals surface area contributed by atoms with Crippen LogP contribution in [0.2, 0.25) is 0 Å². The highest BCUT2D eigenvalue weighted by Gasteiger charge is 2.35. The lowest BCUT2D eigenvalue weighted by molar-refractivity contribution is -0.142. The van der Waals surface area contributed by atoms with Crippen LogP contribution in [0.3, 0.4) is 0 Å². The molecule has 2 N–H and O–H groups in total. The predicted molar refractivity (Wildman–Crippen MR) is 98.0 cm³/mol. The summed E-state index contributed by atoms with van der Waals surface area (Å²) in [5.74, 6) is 0.350. The zero-order chi connectivity index (χ0) is 17.8. The van der Waals surface area contributed by atoms with Crippen LogP contribution in [0.4, 0.5) is 0 Å². The molecule has 136 valence electrons. The van der Waals surface area contributed by atoms with Crippen molar-refractivity contribution in [3.63, 3.8) is 0 Å². The van der Waals surface area contributed by atoms with E-state index in [0.29, 0.717) is 19.4 Å². The number of hydrogen-bond donors (Lipinski definition) is 2. The molecule has 0 saturated carbocycles. The summed E-state index contributed by atoms with van der Waals surface area (Å²) in [4.78, 5) is 27.5. The second kappa shape index (κ2) is 8.00. The minimum Gasteiger partial charge on any atom is -0.350 e. The van der Waals surface area contributed by atoms with E-state index in [9.17, 15) is 9.59 Å². The Bertz CT molecular complexity index is 623. The van der Waals surface area contributed by atoms with Crippen molar-refractivity contribution >= 4 is 11.8 Å². The van der Waals surface area contributed by atoms with E-state index in [0.717, 1.165) is 31.5 Å². The van der Waals surface area contributed by atoms with Crippen molar-refractivity contribution in [2.45, 2.75) is 58.2 Å². The first-order valence-electron chi connectivity index (χ1n) is 9.42. The molecule has 1 aromatic rings. The normalized spacial score (nSPS) is 23.2. The molecule has 5 heteroatoms. The van der Waals surface area contributed by atoms with Gasteiger partial charge in [0.25, 0.3) is 0 Å². The molecular weight excluding hydrogens is 314 g/mol. The monoisotopic (exact) mass is 343 g/mol. The number of amides is 2. The molecule has 0 aromatic heterocycles. The molecule has 2 aliphatic heterocycles. The molecule has 2 atom stereocenters. The molecule has 2 heterocycles. The summed E-state index contributed by atoms with van der Waals surface area (Å²) in [7, 11) is 0. The lowest BCUT2D eigenvalue weighted by atomic mass is 9.92. The second-order valence-electron chi connectivity index (χ2n) is 7.66. The molecule has 25 heavy (non-hydrogen) atoms. The molecular formula is C20H29N3O2. The SMILES string of the molecule is CC(C)CC(=O)N1Cc2ccccc2CC1C(=O)N[C@H]1CCCNC1. The van der Waals surface area contributed by atoms with E-state index in [1.807, 2.05) is 26.0 Å². The van der Waals surface area contributed by atoms with E-state index >= 15 is 0 Å². The Hall–Kier alpha value is -1.88. The van der Waals surface area contributed by atoms with E-state index in [4.69, 9.17) is 0 Å². The lowest BCUT2D eigenvalue weighted by Gasteiger charge is -2.37. The molecule has 0 aliphatic carbocycles. The van der Waals surface area contributed by atoms with Crippen LogP contribution in [0.25, 0.3) is 0 Å². The van der Waals surface area contributed by atoms with E-state index < -0.39 is 6.04 Å². The number of carbonyl (C=O) groups excluding carboxylic acids is 2. The minimum atomic E-state index is -0.400. The molecule has 1 fully saturated rings. The predicted octanol–water partition coefficient (Wildman–Crippen LogP) is 1.85. The van der Waals surface area contributed by atoms with E-state index in [-0.39, 0.29) is 23.8 Å². The summed E-state index contributed by atoms with van der Waals surface area (Å²) in [6.07, 6.45) is 3.17. The maximum atomic E-state index is 12.9. The van der Waals surface area contributed by atoms with Crippen molar-refractivity contribution in [1.82, 2.24) is 15.5 Å². The Kier molecular flexibility index (Phi) is 5.74. The largest absolute Gasteiger partial charge is 0.350 e. The molecule has 5 nitrogen and oxygen atoms in total. The number of nitrogens with one attached hydrogen (secondary N) is 2. The zero-order valence-electron chi connectivity index (χ0n) is 15.3. The van der Waals surface area contributed by atoms with Crippen molar-refractivity contribution < 1.29 is 9.59 Å². The number of benzene rings is 1. The van der Waals surface area contributed by atoms with E-state index in [2.05, 4.69) is 22.8 Å². The molecule has 0 radical (unpaired) electrons.